The molecule has 1 saturated carbocycles. The summed E-state index contributed by atoms with van der Waals surface area (Å²) in [4.78, 5) is 0. The van der Waals surface area contributed by atoms with Gasteiger partial charge in [-0.2, -0.15) is 0 Å². The predicted molar refractivity (Wildman–Crippen MR) is 69.4 cm³/mol. The third-order valence-corrected chi connectivity index (χ3v) is 3.84. The predicted octanol–water partition coefficient (Wildman–Crippen LogP) is 3.32. The fraction of sp³-hybridized carbons (Fsp3) is 0.600. The van der Waals surface area contributed by atoms with E-state index in [0.717, 1.165) is 23.3 Å². The third kappa shape index (κ3) is 2.47. The van der Waals surface area contributed by atoms with Crippen molar-refractivity contribution in [3.63, 3.8) is 0 Å². The molecule has 0 amide bonds. The maximum absolute atomic E-state index is 10.6. The molecule has 1 aromatic rings. The highest BCUT2D eigenvalue weighted by molar-refractivity contribution is 5.47. The van der Waals surface area contributed by atoms with Crippen molar-refractivity contribution in [2.45, 2.75) is 45.6 Å². The quantitative estimate of drug-likeness (QED) is 0.866. The second-order valence-corrected chi connectivity index (χ2v) is 5.51. The van der Waals surface area contributed by atoms with Crippen LogP contribution in [-0.2, 0) is 5.60 Å². The summed E-state index contributed by atoms with van der Waals surface area (Å²) in [5, 5.41) is 10.6. The first-order valence-corrected chi connectivity index (χ1v) is 6.32. The lowest BCUT2D eigenvalue weighted by atomic mass is 9.87. The number of ether oxygens (including phenoxy) is 1. The number of benzene rings is 1. The molecule has 0 radical (unpaired) electrons. The van der Waals surface area contributed by atoms with Gasteiger partial charge in [-0.3, -0.25) is 0 Å². The summed E-state index contributed by atoms with van der Waals surface area (Å²) in [7, 11) is 1.68. The minimum atomic E-state index is -0.773. The van der Waals surface area contributed by atoms with Crippen LogP contribution in [-0.4, -0.2) is 12.2 Å². The van der Waals surface area contributed by atoms with Gasteiger partial charge in [-0.25, -0.2) is 0 Å². The monoisotopic (exact) mass is 234 g/mol. The van der Waals surface area contributed by atoms with E-state index in [0.29, 0.717) is 5.92 Å². The van der Waals surface area contributed by atoms with Crippen molar-refractivity contribution in [3.8, 4) is 5.75 Å². The molecular weight excluding hydrogens is 212 g/mol. The Balaban J connectivity index is 2.39. The molecule has 0 aliphatic heterocycles. The summed E-state index contributed by atoms with van der Waals surface area (Å²) < 4.78 is 5.49. The van der Waals surface area contributed by atoms with Crippen molar-refractivity contribution in [1.29, 1.82) is 0 Å². The lowest BCUT2D eigenvalue weighted by Crippen LogP contribution is -2.23. The van der Waals surface area contributed by atoms with E-state index < -0.39 is 5.60 Å². The zero-order chi connectivity index (χ0) is 12.6. The van der Waals surface area contributed by atoms with Crippen molar-refractivity contribution in [3.05, 3.63) is 28.8 Å². The fourth-order valence-electron chi connectivity index (χ4n) is 2.47. The number of hydrogen-bond acceptors (Lipinski definition) is 2. The zero-order valence-corrected chi connectivity index (χ0v) is 11.2. The molecule has 0 heterocycles. The average molecular weight is 234 g/mol. The summed E-state index contributed by atoms with van der Waals surface area (Å²) >= 11 is 0. The van der Waals surface area contributed by atoms with Crippen LogP contribution < -0.4 is 4.74 Å². The van der Waals surface area contributed by atoms with Gasteiger partial charge in [0.2, 0.25) is 0 Å². The number of aryl methyl sites for hydroxylation is 1. The van der Waals surface area contributed by atoms with Crippen molar-refractivity contribution >= 4 is 0 Å². The molecule has 1 aromatic carbocycles. The number of aliphatic hydroxyl groups is 1. The van der Waals surface area contributed by atoms with Crippen LogP contribution in [0.5, 0.6) is 5.75 Å². The van der Waals surface area contributed by atoms with E-state index >= 15 is 0 Å². The molecule has 17 heavy (non-hydrogen) atoms. The minimum absolute atomic E-state index is 0.691. The third-order valence-electron chi connectivity index (χ3n) is 3.84. The van der Waals surface area contributed by atoms with E-state index in [4.69, 9.17) is 4.74 Å². The van der Waals surface area contributed by atoms with Crippen molar-refractivity contribution < 1.29 is 9.84 Å². The van der Waals surface area contributed by atoms with Gasteiger partial charge in [0.15, 0.2) is 0 Å². The standard InChI is InChI=1S/C15H22O2/c1-10-5-8-13(14(17-4)11(10)2)15(3,16)9-12-6-7-12/h5,8,12,16H,6-7,9H2,1-4H3. The Morgan fingerprint density at radius 2 is 2.00 bits per heavy atom. The van der Waals surface area contributed by atoms with Gasteiger partial charge < -0.3 is 9.84 Å². The van der Waals surface area contributed by atoms with Gasteiger partial charge in [0.05, 0.1) is 12.7 Å². The molecule has 1 aliphatic rings. The summed E-state index contributed by atoms with van der Waals surface area (Å²) in [5.74, 6) is 1.53. The van der Waals surface area contributed by atoms with Gasteiger partial charge >= 0.3 is 0 Å². The van der Waals surface area contributed by atoms with Crippen LogP contribution in [0.15, 0.2) is 12.1 Å². The van der Waals surface area contributed by atoms with Gasteiger partial charge in [-0.1, -0.05) is 25.0 Å². The second-order valence-electron chi connectivity index (χ2n) is 5.51. The molecule has 2 heteroatoms. The number of hydrogen-bond donors (Lipinski definition) is 1. The van der Waals surface area contributed by atoms with Gasteiger partial charge in [-0.05, 0) is 44.2 Å². The maximum atomic E-state index is 10.6. The van der Waals surface area contributed by atoms with Crippen molar-refractivity contribution in [1.82, 2.24) is 0 Å². The van der Waals surface area contributed by atoms with Crippen molar-refractivity contribution in [2.75, 3.05) is 7.11 Å². The normalized spacial score (nSPS) is 18.9. The van der Waals surface area contributed by atoms with E-state index in [1.165, 1.54) is 18.4 Å². The molecule has 1 atom stereocenters. The molecule has 2 nitrogen and oxygen atoms in total. The van der Waals surface area contributed by atoms with E-state index in [-0.39, 0.29) is 0 Å². The lowest BCUT2D eigenvalue weighted by Gasteiger charge is -2.27. The van der Waals surface area contributed by atoms with E-state index in [1.54, 1.807) is 7.11 Å². The molecule has 1 N–H and O–H groups in total. The Hall–Kier alpha value is -1.02. The highest BCUT2D eigenvalue weighted by Gasteiger charge is 2.35. The highest BCUT2D eigenvalue weighted by atomic mass is 16.5. The SMILES string of the molecule is COc1c(C(C)(O)CC2CC2)ccc(C)c1C. The Kier molecular flexibility index (Phi) is 3.17. The first-order chi connectivity index (χ1) is 7.95. The highest BCUT2D eigenvalue weighted by Crippen LogP contribution is 2.43. The Bertz CT molecular complexity index is 417. The van der Waals surface area contributed by atoms with Gasteiger partial charge in [0.25, 0.3) is 0 Å². The first-order valence-electron chi connectivity index (χ1n) is 6.32. The maximum Gasteiger partial charge on any atom is 0.128 e. The second kappa shape index (κ2) is 4.34. The Labute approximate surface area is 104 Å². The van der Waals surface area contributed by atoms with Crippen LogP contribution in [0.2, 0.25) is 0 Å². The van der Waals surface area contributed by atoms with Crippen LogP contribution >= 0.6 is 0 Å². The fourth-order valence-corrected chi connectivity index (χ4v) is 2.47. The largest absolute Gasteiger partial charge is 0.496 e. The summed E-state index contributed by atoms with van der Waals surface area (Å²) in [6.07, 6.45) is 3.35. The number of methoxy groups -OCH3 is 1. The van der Waals surface area contributed by atoms with Crippen LogP contribution in [0, 0.1) is 19.8 Å². The van der Waals surface area contributed by atoms with Crippen molar-refractivity contribution in [2.24, 2.45) is 5.92 Å². The number of rotatable bonds is 4. The van der Waals surface area contributed by atoms with E-state index in [9.17, 15) is 5.11 Å². The molecule has 1 aliphatic carbocycles. The lowest BCUT2D eigenvalue weighted by molar-refractivity contribution is 0.0392. The van der Waals surface area contributed by atoms with Crippen LogP contribution in [0.25, 0.3) is 0 Å². The molecule has 94 valence electrons. The molecule has 0 spiro atoms. The van der Waals surface area contributed by atoms with Crippen LogP contribution in [0.4, 0.5) is 0 Å². The Morgan fingerprint density at radius 1 is 1.35 bits per heavy atom. The van der Waals surface area contributed by atoms with E-state index in [1.807, 2.05) is 19.9 Å². The van der Waals surface area contributed by atoms with Crippen LogP contribution in [0.1, 0.15) is 42.9 Å². The van der Waals surface area contributed by atoms with E-state index in [2.05, 4.69) is 13.0 Å². The summed E-state index contributed by atoms with van der Waals surface area (Å²) in [5.41, 5.74) is 2.48. The molecular formula is C15H22O2. The molecule has 1 fully saturated rings. The molecule has 1 unspecified atom stereocenters. The first kappa shape index (κ1) is 12.4. The molecule has 0 bridgehead atoms. The summed E-state index contributed by atoms with van der Waals surface area (Å²) in [6.45, 7) is 6.01. The molecule has 0 aromatic heterocycles. The van der Waals surface area contributed by atoms with Gasteiger partial charge in [-0.15, -0.1) is 0 Å². The molecule has 2 rings (SSSR count). The van der Waals surface area contributed by atoms with Crippen LogP contribution in [0.3, 0.4) is 0 Å². The Morgan fingerprint density at radius 3 is 2.53 bits per heavy atom. The smallest absolute Gasteiger partial charge is 0.128 e. The molecule has 0 saturated heterocycles. The van der Waals surface area contributed by atoms with Gasteiger partial charge in [0, 0.05) is 5.56 Å². The van der Waals surface area contributed by atoms with Gasteiger partial charge in [0.1, 0.15) is 5.75 Å². The average Bonchev–Trinajstić information content (AvgIpc) is 3.04. The topological polar surface area (TPSA) is 29.5 Å². The summed E-state index contributed by atoms with van der Waals surface area (Å²) in [6, 6.07) is 4.07. The minimum Gasteiger partial charge on any atom is -0.496 e. The zero-order valence-electron chi connectivity index (χ0n) is 11.2.